The molecule has 0 spiro atoms. The van der Waals surface area contributed by atoms with Gasteiger partial charge in [0.1, 0.15) is 17.2 Å². The van der Waals surface area contributed by atoms with Crippen LogP contribution >= 0.6 is 12.2 Å². The molecule has 0 aliphatic carbocycles. The van der Waals surface area contributed by atoms with Gasteiger partial charge in [0.05, 0.1) is 0 Å². The highest BCUT2D eigenvalue weighted by atomic mass is 32.1. The first-order valence-corrected chi connectivity index (χ1v) is 5.18. The Morgan fingerprint density at radius 2 is 2.00 bits per heavy atom. The van der Waals surface area contributed by atoms with Gasteiger partial charge in [-0.1, -0.05) is 12.2 Å². The molecule has 0 bridgehead atoms. The topological polar surface area (TPSA) is 55.0 Å². The van der Waals surface area contributed by atoms with Crippen LogP contribution in [0.1, 0.15) is 12.6 Å². The number of rotatable bonds is 4. The fourth-order valence-corrected chi connectivity index (χ4v) is 1.43. The van der Waals surface area contributed by atoms with Crippen LogP contribution in [0.3, 0.4) is 0 Å². The van der Waals surface area contributed by atoms with Crippen molar-refractivity contribution < 1.29 is 13.2 Å². The lowest BCUT2D eigenvalue weighted by atomic mass is 10.3. The van der Waals surface area contributed by atoms with Crippen LogP contribution in [0.25, 0.3) is 0 Å². The van der Waals surface area contributed by atoms with E-state index in [1.165, 1.54) is 12.4 Å². The molecule has 0 amide bonds. The average molecular weight is 264 g/mol. The summed E-state index contributed by atoms with van der Waals surface area (Å²) in [6, 6.07) is 0. The molecule has 1 heterocycles. The van der Waals surface area contributed by atoms with E-state index in [2.05, 4.69) is 9.97 Å². The van der Waals surface area contributed by atoms with E-state index < -0.39 is 12.7 Å². The van der Waals surface area contributed by atoms with Crippen LogP contribution in [0, 0.1) is 0 Å². The first kappa shape index (κ1) is 13.6. The average Bonchev–Trinajstić information content (AvgIpc) is 2.24. The Bertz CT molecular complexity index is 407. The second-order valence-corrected chi connectivity index (χ2v) is 3.66. The smallest absolute Gasteiger partial charge is 0.388 e. The standard InChI is InChI=1S/C9H11F3N4S/c1-2-16(5-9(10,11)12)8-6(7(13)17)14-3-4-15-8/h3-4H,2,5H2,1H3,(H2,13,17). The van der Waals surface area contributed by atoms with E-state index in [1.807, 2.05) is 0 Å². The first-order chi connectivity index (χ1) is 7.85. The minimum absolute atomic E-state index is 0.0554. The molecule has 8 heteroatoms. The number of halogens is 3. The molecule has 0 radical (unpaired) electrons. The lowest BCUT2D eigenvalue weighted by molar-refractivity contribution is -0.119. The SMILES string of the molecule is CCN(CC(F)(F)F)c1nccnc1C(N)=S. The van der Waals surface area contributed by atoms with E-state index in [0.29, 0.717) is 0 Å². The van der Waals surface area contributed by atoms with Crippen LogP contribution in [0.15, 0.2) is 12.4 Å². The summed E-state index contributed by atoms with van der Waals surface area (Å²) in [6.07, 6.45) is -1.68. The van der Waals surface area contributed by atoms with Crippen LogP contribution in [0.2, 0.25) is 0 Å². The van der Waals surface area contributed by atoms with Gasteiger partial charge in [-0.2, -0.15) is 13.2 Å². The number of thiocarbonyl (C=S) groups is 1. The number of hydrogen-bond donors (Lipinski definition) is 1. The fraction of sp³-hybridized carbons (Fsp3) is 0.444. The van der Waals surface area contributed by atoms with E-state index in [4.69, 9.17) is 18.0 Å². The Morgan fingerprint density at radius 3 is 2.47 bits per heavy atom. The summed E-state index contributed by atoms with van der Waals surface area (Å²) in [5, 5.41) is 0. The number of aromatic nitrogens is 2. The minimum Gasteiger partial charge on any atom is -0.388 e. The molecule has 94 valence electrons. The van der Waals surface area contributed by atoms with Crippen LogP contribution in [-0.2, 0) is 0 Å². The van der Waals surface area contributed by atoms with Crippen molar-refractivity contribution in [1.82, 2.24) is 9.97 Å². The molecule has 0 fully saturated rings. The normalized spacial score (nSPS) is 11.3. The Balaban J connectivity index is 3.07. The van der Waals surface area contributed by atoms with Gasteiger partial charge in [-0.05, 0) is 6.92 Å². The second kappa shape index (κ2) is 5.26. The van der Waals surface area contributed by atoms with Crippen LogP contribution in [0.4, 0.5) is 19.0 Å². The molecule has 0 unspecified atom stereocenters. The van der Waals surface area contributed by atoms with Crippen molar-refractivity contribution in [3.05, 3.63) is 18.1 Å². The number of hydrogen-bond acceptors (Lipinski definition) is 4. The number of alkyl halides is 3. The van der Waals surface area contributed by atoms with Crippen molar-refractivity contribution in [2.45, 2.75) is 13.1 Å². The van der Waals surface area contributed by atoms with Gasteiger partial charge in [0.25, 0.3) is 0 Å². The Kier molecular flexibility index (Phi) is 4.22. The molecular weight excluding hydrogens is 253 g/mol. The van der Waals surface area contributed by atoms with Crippen molar-refractivity contribution in [1.29, 1.82) is 0 Å². The first-order valence-electron chi connectivity index (χ1n) is 4.77. The minimum atomic E-state index is -4.32. The molecule has 1 rings (SSSR count). The number of nitrogens with two attached hydrogens (primary N) is 1. The molecule has 1 aromatic heterocycles. The zero-order chi connectivity index (χ0) is 13.1. The summed E-state index contributed by atoms with van der Waals surface area (Å²) >= 11 is 4.73. The third-order valence-electron chi connectivity index (χ3n) is 1.96. The summed E-state index contributed by atoms with van der Waals surface area (Å²) in [7, 11) is 0. The summed E-state index contributed by atoms with van der Waals surface area (Å²) in [4.78, 5) is 8.64. The quantitative estimate of drug-likeness (QED) is 0.835. The highest BCUT2D eigenvalue weighted by Gasteiger charge is 2.31. The van der Waals surface area contributed by atoms with Gasteiger partial charge < -0.3 is 10.6 Å². The number of nitrogens with zero attached hydrogens (tertiary/aromatic N) is 3. The van der Waals surface area contributed by atoms with Gasteiger partial charge in [0, 0.05) is 18.9 Å². The molecule has 0 aromatic carbocycles. The maximum Gasteiger partial charge on any atom is 0.405 e. The zero-order valence-corrected chi connectivity index (χ0v) is 9.85. The van der Waals surface area contributed by atoms with Crippen molar-refractivity contribution in [3.63, 3.8) is 0 Å². The van der Waals surface area contributed by atoms with Crippen LogP contribution in [-0.4, -0.2) is 34.2 Å². The molecule has 2 N–H and O–H groups in total. The molecule has 0 atom stereocenters. The van der Waals surface area contributed by atoms with Crippen molar-refractivity contribution in [3.8, 4) is 0 Å². The van der Waals surface area contributed by atoms with Crippen LogP contribution in [0.5, 0.6) is 0 Å². The molecule has 0 aliphatic rings. The lowest BCUT2D eigenvalue weighted by Crippen LogP contribution is -2.36. The summed E-state index contributed by atoms with van der Waals surface area (Å²) in [5.74, 6) is 0.0554. The summed E-state index contributed by atoms with van der Waals surface area (Å²) in [5.41, 5.74) is 5.50. The Labute approximate surface area is 102 Å². The van der Waals surface area contributed by atoms with Gasteiger partial charge in [0.15, 0.2) is 5.82 Å². The monoisotopic (exact) mass is 264 g/mol. The second-order valence-electron chi connectivity index (χ2n) is 3.22. The third-order valence-corrected chi connectivity index (χ3v) is 2.16. The van der Waals surface area contributed by atoms with E-state index in [0.717, 1.165) is 4.90 Å². The van der Waals surface area contributed by atoms with Crippen molar-refractivity contribution >= 4 is 23.0 Å². The van der Waals surface area contributed by atoms with Crippen LogP contribution < -0.4 is 10.6 Å². The van der Waals surface area contributed by atoms with E-state index in [-0.39, 0.29) is 23.0 Å². The van der Waals surface area contributed by atoms with E-state index >= 15 is 0 Å². The van der Waals surface area contributed by atoms with Gasteiger partial charge in [-0.15, -0.1) is 0 Å². The molecule has 17 heavy (non-hydrogen) atoms. The molecule has 0 saturated heterocycles. The molecule has 0 saturated carbocycles. The zero-order valence-electron chi connectivity index (χ0n) is 9.03. The highest BCUT2D eigenvalue weighted by molar-refractivity contribution is 7.80. The van der Waals surface area contributed by atoms with Gasteiger partial charge in [-0.3, -0.25) is 0 Å². The van der Waals surface area contributed by atoms with E-state index in [1.54, 1.807) is 6.92 Å². The molecule has 1 aromatic rings. The lowest BCUT2D eigenvalue weighted by Gasteiger charge is -2.24. The van der Waals surface area contributed by atoms with Gasteiger partial charge >= 0.3 is 6.18 Å². The maximum atomic E-state index is 12.4. The van der Waals surface area contributed by atoms with E-state index in [9.17, 15) is 13.2 Å². The van der Waals surface area contributed by atoms with Crippen molar-refractivity contribution in [2.75, 3.05) is 18.0 Å². The van der Waals surface area contributed by atoms with Gasteiger partial charge in [0.2, 0.25) is 0 Å². The highest BCUT2D eigenvalue weighted by Crippen LogP contribution is 2.22. The Morgan fingerprint density at radius 1 is 1.41 bits per heavy atom. The fourth-order valence-electron chi connectivity index (χ4n) is 1.29. The summed E-state index contributed by atoms with van der Waals surface area (Å²) < 4.78 is 37.1. The summed E-state index contributed by atoms with van der Waals surface area (Å²) in [6.45, 7) is 0.607. The van der Waals surface area contributed by atoms with Gasteiger partial charge in [-0.25, -0.2) is 9.97 Å². The predicted octanol–water partition coefficient (Wildman–Crippen LogP) is 1.50. The third kappa shape index (κ3) is 3.81. The largest absolute Gasteiger partial charge is 0.405 e. The predicted molar refractivity (Wildman–Crippen MR) is 61.9 cm³/mol. The Hall–Kier alpha value is -1.44. The molecule has 0 aliphatic heterocycles. The molecule has 4 nitrogen and oxygen atoms in total. The molecular formula is C9H11F3N4S. The maximum absolute atomic E-state index is 12.4. The number of anilines is 1. The van der Waals surface area contributed by atoms with Crippen molar-refractivity contribution in [2.24, 2.45) is 5.73 Å².